The standard InChI is InChI=1S/C25H15F4N3OS/c1-12-2-7-19-15(8-12)23-16(24(30-19)31-20-9-13(26)3-5-17(20)28)11-22(34-23)25(33)32-21-10-14(27)4-6-18(21)29/h2-11H,1H3,(H,30,31)(H,32,33). The Morgan fingerprint density at radius 3 is 2.24 bits per heavy atom. The van der Waals surface area contributed by atoms with E-state index < -0.39 is 29.2 Å². The molecule has 0 unspecified atom stereocenters. The minimum Gasteiger partial charge on any atom is -0.337 e. The topological polar surface area (TPSA) is 54.0 Å². The molecule has 5 aromatic rings. The highest BCUT2D eigenvalue weighted by Crippen LogP contribution is 2.38. The van der Waals surface area contributed by atoms with E-state index in [1.807, 2.05) is 19.1 Å². The summed E-state index contributed by atoms with van der Waals surface area (Å²) in [6.07, 6.45) is 0. The van der Waals surface area contributed by atoms with E-state index >= 15 is 0 Å². The molecule has 5 rings (SSSR count). The van der Waals surface area contributed by atoms with Crippen LogP contribution in [0.15, 0.2) is 60.7 Å². The number of pyridine rings is 1. The lowest BCUT2D eigenvalue weighted by Gasteiger charge is -2.10. The summed E-state index contributed by atoms with van der Waals surface area (Å²) >= 11 is 1.13. The molecule has 0 spiro atoms. The van der Waals surface area contributed by atoms with Gasteiger partial charge in [-0.2, -0.15) is 0 Å². The maximum absolute atomic E-state index is 14.3. The number of nitrogens with one attached hydrogen (secondary N) is 2. The number of halogens is 4. The van der Waals surface area contributed by atoms with Crippen LogP contribution in [-0.2, 0) is 0 Å². The zero-order valence-corrected chi connectivity index (χ0v) is 18.4. The number of nitrogens with zero attached hydrogens (tertiary/aromatic N) is 1. The van der Waals surface area contributed by atoms with Gasteiger partial charge >= 0.3 is 0 Å². The molecule has 0 saturated heterocycles. The zero-order chi connectivity index (χ0) is 24.0. The summed E-state index contributed by atoms with van der Waals surface area (Å²) in [6, 6.07) is 12.9. The van der Waals surface area contributed by atoms with Gasteiger partial charge in [-0.15, -0.1) is 11.3 Å². The van der Waals surface area contributed by atoms with Gasteiger partial charge in [0.25, 0.3) is 5.91 Å². The van der Waals surface area contributed by atoms with Crippen LogP contribution in [0.5, 0.6) is 0 Å². The van der Waals surface area contributed by atoms with Gasteiger partial charge in [-0.1, -0.05) is 11.6 Å². The molecule has 0 aliphatic carbocycles. The van der Waals surface area contributed by atoms with E-state index in [0.717, 1.165) is 58.7 Å². The number of hydrogen-bond donors (Lipinski definition) is 2. The van der Waals surface area contributed by atoms with Crippen LogP contribution < -0.4 is 10.6 Å². The van der Waals surface area contributed by atoms with Crippen LogP contribution in [0.4, 0.5) is 34.8 Å². The number of aryl methyl sites for hydroxylation is 1. The van der Waals surface area contributed by atoms with E-state index in [4.69, 9.17) is 0 Å². The van der Waals surface area contributed by atoms with Gasteiger partial charge in [0.05, 0.1) is 21.8 Å². The van der Waals surface area contributed by atoms with Crippen molar-refractivity contribution >= 4 is 55.4 Å². The number of thiophene rings is 1. The Morgan fingerprint density at radius 1 is 0.824 bits per heavy atom. The molecular weight excluding hydrogens is 466 g/mol. The van der Waals surface area contributed by atoms with Gasteiger partial charge in [0.2, 0.25) is 0 Å². The molecule has 0 bridgehead atoms. The van der Waals surface area contributed by atoms with Gasteiger partial charge in [-0.3, -0.25) is 4.79 Å². The fourth-order valence-electron chi connectivity index (χ4n) is 3.58. The smallest absolute Gasteiger partial charge is 0.265 e. The Balaban J connectivity index is 1.64. The minimum absolute atomic E-state index is 0.112. The molecule has 0 atom stereocenters. The van der Waals surface area contributed by atoms with Gasteiger partial charge in [-0.25, -0.2) is 22.5 Å². The predicted octanol–water partition coefficient (Wildman–Crippen LogP) is 7.31. The van der Waals surface area contributed by atoms with Crippen molar-refractivity contribution in [3.05, 3.63) is 94.4 Å². The molecule has 9 heteroatoms. The number of amides is 1. The Labute approximate surface area is 194 Å². The molecule has 1 amide bonds. The molecule has 0 radical (unpaired) electrons. The summed E-state index contributed by atoms with van der Waals surface area (Å²) in [4.78, 5) is 17.6. The molecule has 2 N–H and O–H groups in total. The number of hydrogen-bond acceptors (Lipinski definition) is 4. The summed E-state index contributed by atoms with van der Waals surface area (Å²) in [6.45, 7) is 1.91. The summed E-state index contributed by atoms with van der Waals surface area (Å²) in [7, 11) is 0. The molecule has 2 heterocycles. The lowest BCUT2D eigenvalue weighted by Crippen LogP contribution is -2.11. The summed E-state index contributed by atoms with van der Waals surface area (Å²) in [5.41, 5.74) is 1.15. The fraction of sp³-hybridized carbons (Fsp3) is 0.0400. The second-order valence-electron chi connectivity index (χ2n) is 7.66. The monoisotopic (exact) mass is 481 g/mol. The van der Waals surface area contributed by atoms with Gasteiger partial charge in [0.15, 0.2) is 0 Å². The Hall–Kier alpha value is -3.98. The third kappa shape index (κ3) is 4.06. The van der Waals surface area contributed by atoms with Crippen molar-refractivity contribution in [1.82, 2.24) is 4.98 Å². The molecule has 3 aromatic carbocycles. The van der Waals surface area contributed by atoms with Crippen molar-refractivity contribution in [2.75, 3.05) is 10.6 Å². The van der Waals surface area contributed by atoms with Crippen molar-refractivity contribution in [3.63, 3.8) is 0 Å². The van der Waals surface area contributed by atoms with Crippen molar-refractivity contribution in [3.8, 4) is 0 Å². The number of carbonyl (C=O) groups is 1. The number of rotatable bonds is 4. The average molecular weight is 481 g/mol. The summed E-state index contributed by atoms with van der Waals surface area (Å²) in [5, 5.41) is 6.46. The van der Waals surface area contributed by atoms with E-state index in [0.29, 0.717) is 15.6 Å². The quantitative estimate of drug-likeness (QED) is 0.265. The highest BCUT2D eigenvalue weighted by Gasteiger charge is 2.19. The van der Waals surface area contributed by atoms with Crippen LogP contribution in [0.3, 0.4) is 0 Å². The number of anilines is 3. The lowest BCUT2D eigenvalue weighted by molar-refractivity contribution is 0.103. The molecular formula is C25H15F4N3OS. The van der Waals surface area contributed by atoms with E-state index in [9.17, 15) is 22.4 Å². The van der Waals surface area contributed by atoms with Crippen molar-refractivity contribution in [2.45, 2.75) is 6.92 Å². The first-order valence-electron chi connectivity index (χ1n) is 10.1. The van der Waals surface area contributed by atoms with E-state index in [1.54, 1.807) is 6.07 Å². The largest absolute Gasteiger partial charge is 0.337 e. The first kappa shape index (κ1) is 21.8. The van der Waals surface area contributed by atoms with Crippen molar-refractivity contribution < 1.29 is 22.4 Å². The summed E-state index contributed by atoms with van der Waals surface area (Å²) < 4.78 is 56.2. The lowest BCUT2D eigenvalue weighted by atomic mass is 10.1. The maximum atomic E-state index is 14.3. The normalized spacial score (nSPS) is 11.2. The minimum atomic E-state index is -0.775. The van der Waals surface area contributed by atoms with Gasteiger partial charge in [-0.05, 0) is 49.4 Å². The summed E-state index contributed by atoms with van der Waals surface area (Å²) in [5.74, 6) is -3.18. The van der Waals surface area contributed by atoms with Crippen molar-refractivity contribution in [1.29, 1.82) is 0 Å². The highest BCUT2D eigenvalue weighted by molar-refractivity contribution is 7.22. The maximum Gasteiger partial charge on any atom is 0.265 e. The van der Waals surface area contributed by atoms with Gasteiger partial charge in [0.1, 0.15) is 29.1 Å². The molecule has 0 saturated carbocycles. The Kier molecular flexibility index (Phi) is 5.41. The number of carbonyl (C=O) groups excluding carboxylic acids is 1. The first-order valence-corrected chi connectivity index (χ1v) is 10.9. The van der Waals surface area contributed by atoms with E-state index in [-0.39, 0.29) is 22.1 Å². The molecule has 4 nitrogen and oxygen atoms in total. The second kappa shape index (κ2) is 8.42. The van der Waals surface area contributed by atoms with Crippen LogP contribution in [0.25, 0.3) is 21.0 Å². The van der Waals surface area contributed by atoms with Gasteiger partial charge in [0, 0.05) is 27.6 Å². The molecule has 170 valence electrons. The number of fused-ring (bicyclic) bond motifs is 3. The molecule has 34 heavy (non-hydrogen) atoms. The number of aromatic nitrogens is 1. The van der Waals surface area contributed by atoms with Crippen LogP contribution in [0, 0.1) is 30.2 Å². The van der Waals surface area contributed by atoms with Crippen LogP contribution in [-0.4, -0.2) is 10.9 Å². The third-order valence-electron chi connectivity index (χ3n) is 5.20. The SMILES string of the molecule is Cc1ccc2nc(Nc3cc(F)ccc3F)c3cc(C(=O)Nc4cc(F)ccc4F)sc3c2c1. The third-order valence-corrected chi connectivity index (χ3v) is 6.37. The van der Waals surface area contributed by atoms with E-state index in [1.165, 1.54) is 6.07 Å². The second-order valence-corrected chi connectivity index (χ2v) is 8.71. The Morgan fingerprint density at radius 2 is 1.50 bits per heavy atom. The van der Waals surface area contributed by atoms with Crippen LogP contribution in [0.1, 0.15) is 15.2 Å². The molecule has 0 aliphatic heterocycles. The fourth-order valence-corrected chi connectivity index (χ4v) is 4.66. The first-order chi connectivity index (χ1) is 16.3. The number of benzene rings is 3. The molecule has 0 fully saturated rings. The predicted molar refractivity (Wildman–Crippen MR) is 126 cm³/mol. The highest BCUT2D eigenvalue weighted by atomic mass is 32.1. The molecule has 2 aromatic heterocycles. The van der Waals surface area contributed by atoms with Crippen LogP contribution >= 0.6 is 11.3 Å². The van der Waals surface area contributed by atoms with Crippen molar-refractivity contribution in [2.24, 2.45) is 0 Å². The average Bonchev–Trinajstić information content (AvgIpc) is 3.25. The molecule has 0 aliphatic rings. The van der Waals surface area contributed by atoms with Crippen LogP contribution in [0.2, 0.25) is 0 Å². The zero-order valence-electron chi connectivity index (χ0n) is 17.5. The van der Waals surface area contributed by atoms with Gasteiger partial charge < -0.3 is 10.6 Å². The Bertz CT molecular complexity index is 1600. The van der Waals surface area contributed by atoms with E-state index in [2.05, 4.69) is 15.6 Å².